The third kappa shape index (κ3) is 9.81. The molecule has 0 radical (unpaired) electrons. The Hall–Kier alpha value is -6.04. The number of carbonyl (C=O) groups is 2. The molecule has 304 valence electrons. The average Bonchev–Trinajstić information content (AvgIpc) is 3.79. The van der Waals surface area contributed by atoms with E-state index in [1.165, 1.54) is 0 Å². The Labute approximate surface area is 352 Å². The number of amidine groups is 1. The first-order valence-electron chi connectivity index (χ1n) is 19.7. The van der Waals surface area contributed by atoms with Crippen LogP contribution in [-0.2, 0) is 11.2 Å². The van der Waals surface area contributed by atoms with Crippen LogP contribution in [0.25, 0.3) is 27.4 Å². The van der Waals surface area contributed by atoms with Crippen LogP contribution < -0.4 is 47.2 Å². The zero-order valence-electron chi connectivity index (χ0n) is 32.9. The molecule has 2 aliphatic heterocycles. The van der Waals surface area contributed by atoms with Crippen LogP contribution in [0.5, 0.6) is 5.75 Å². The van der Waals surface area contributed by atoms with Gasteiger partial charge in [0.05, 0.1) is 24.6 Å². The van der Waals surface area contributed by atoms with Gasteiger partial charge in [0, 0.05) is 0 Å². The number of unbranched alkanes of at least 4 members (excludes halogenated alkanes) is 1. The number of nitrogens with one attached hydrogen (secondary N) is 5. The number of benzene rings is 4. The van der Waals surface area contributed by atoms with E-state index < -0.39 is 21.2 Å². The molecule has 0 spiro atoms. The van der Waals surface area contributed by atoms with E-state index in [1.807, 2.05) is 97.9 Å². The van der Waals surface area contributed by atoms with Gasteiger partial charge in [0.1, 0.15) is 0 Å². The van der Waals surface area contributed by atoms with Crippen molar-refractivity contribution in [3.05, 3.63) is 124 Å². The second-order valence-electron chi connectivity index (χ2n) is 14.2. The molecule has 14 nitrogen and oxygen atoms in total. The number of rotatable bonds is 13. The molecule has 0 bridgehead atoms. The van der Waals surface area contributed by atoms with E-state index in [2.05, 4.69) is 52.4 Å². The summed E-state index contributed by atoms with van der Waals surface area (Å²) in [6.07, 6.45) is 6.46. The van der Waals surface area contributed by atoms with Gasteiger partial charge in [-0.15, -0.1) is 0 Å². The number of aliphatic imine (C=N–C) groups is 1. The Bertz CT molecular complexity index is 2550. The van der Waals surface area contributed by atoms with Crippen LogP contribution in [-0.4, -0.2) is 80.1 Å². The van der Waals surface area contributed by atoms with Crippen LogP contribution in [0.4, 0.5) is 22.0 Å². The van der Waals surface area contributed by atoms with Gasteiger partial charge in [0.2, 0.25) is 0 Å². The summed E-state index contributed by atoms with van der Waals surface area (Å²) in [5, 5.41) is 27.0. The Morgan fingerprint density at radius 3 is 2.61 bits per heavy atom. The smallest absolute Gasteiger partial charge is 0.171 e. The molecule has 2 aromatic heterocycles. The van der Waals surface area contributed by atoms with Gasteiger partial charge in [-0.25, -0.2) is 0 Å². The average molecular weight is 906 g/mol. The normalized spacial score (nSPS) is 14.5. The molecule has 15 heteroatoms. The van der Waals surface area contributed by atoms with E-state index in [9.17, 15) is 9.59 Å². The third-order valence-electron chi connectivity index (χ3n) is 9.96. The van der Waals surface area contributed by atoms with E-state index in [1.54, 1.807) is 10.9 Å². The van der Waals surface area contributed by atoms with E-state index >= 15 is 0 Å². The topological polar surface area (TPSA) is 163 Å². The predicted molar refractivity (Wildman–Crippen MR) is 228 cm³/mol. The summed E-state index contributed by atoms with van der Waals surface area (Å²) in [6, 6.07) is 26.9. The fourth-order valence-electron chi connectivity index (χ4n) is 6.83. The number of aryl methyl sites for hydroxylation is 2. The minimum atomic E-state index is -0.722. The number of hydrogen-bond donors (Lipinski definition) is 5. The quantitative estimate of drug-likeness (QED) is 0.0833. The molecule has 5 N–H and O–H groups in total. The van der Waals surface area contributed by atoms with Crippen LogP contribution in [0.15, 0.2) is 112 Å². The minimum Gasteiger partial charge on any atom is -0.171 e. The van der Waals surface area contributed by atoms with Crippen LogP contribution in [0.3, 0.4) is 0 Å². The van der Waals surface area contributed by atoms with Crippen LogP contribution in [0.2, 0.25) is 0 Å². The first-order valence-corrected chi connectivity index (χ1v) is 22.1. The molecule has 1 fully saturated rings. The summed E-state index contributed by atoms with van der Waals surface area (Å²) >= 11 is -0.722. The molecule has 0 atom stereocenters. The summed E-state index contributed by atoms with van der Waals surface area (Å²) in [5.41, 5.74) is 5.53. The molecule has 8 rings (SSSR count). The molecule has 4 heterocycles. The van der Waals surface area contributed by atoms with Gasteiger partial charge in [0.25, 0.3) is 0 Å². The summed E-state index contributed by atoms with van der Waals surface area (Å²) < 4.78 is 16.5. The number of nitrogens with zero attached hydrogens (tertiary/aromatic N) is 5. The number of aromatic nitrogens is 4. The molecular formula is C44H46IN10O4-. The van der Waals surface area contributed by atoms with E-state index in [-0.39, 0.29) is 11.9 Å². The minimum absolute atomic E-state index is 0.216. The number of hydrogen-bond acceptors (Lipinski definition) is 9. The number of aromatic amines is 1. The molecule has 3 amide bonds. The number of H-pyrrole nitrogens is 1. The molecule has 0 aliphatic carbocycles. The molecule has 0 saturated carbocycles. The molecule has 4 aromatic carbocycles. The van der Waals surface area contributed by atoms with Gasteiger partial charge < -0.3 is 4.74 Å². The van der Waals surface area contributed by atoms with Crippen molar-refractivity contribution in [2.75, 3.05) is 55.3 Å². The number of urea groups is 1. The van der Waals surface area contributed by atoms with Gasteiger partial charge in [-0.05, 0) is 31.9 Å². The maximum absolute atomic E-state index is 13.5. The summed E-state index contributed by atoms with van der Waals surface area (Å²) in [4.78, 5) is 33.5. The van der Waals surface area contributed by atoms with Crippen molar-refractivity contribution in [3.63, 3.8) is 0 Å². The first kappa shape index (κ1) is 39.8. The van der Waals surface area contributed by atoms with Gasteiger partial charge in [-0.3, -0.25) is 0 Å². The molecule has 0 unspecified atom stereocenters. The number of fused-ring (bicyclic) bond motifs is 2. The number of morpholine rings is 1. The number of amides is 3. The zero-order valence-corrected chi connectivity index (χ0v) is 35.1. The second kappa shape index (κ2) is 18.7. The van der Waals surface area contributed by atoms with Gasteiger partial charge in [0.15, 0.2) is 0 Å². The van der Waals surface area contributed by atoms with Crippen LogP contribution in [0.1, 0.15) is 41.5 Å². The van der Waals surface area contributed by atoms with Crippen molar-refractivity contribution in [3.8, 4) is 11.4 Å². The first-order chi connectivity index (χ1) is 28.9. The SMILES string of the molecule is CCCCc1cc(NC(=O)Nc2ccc(OC3=C[I-]C(Nc4ccc5[nH]nc(C(=O)NCCN6CCOCC6)c5c4)=NC=C3)c3ccccc23)n(-c2ccc(C)cc2)n1. The van der Waals surface area contributed by atoms with Crippen molar-refractivity contribution in [1.29, 1.82) is 0 Å². The molecule has 2 aliphatic rings. The van der Waals surface area contributed by atoms with Gasteiger partial charge in [-0.1, -0.05) is 31.0 Å². The summed E-state index contributed by atoms with van der Waals surface area (Å²) in [5.74, 6) is 1.71. The van der Waals surface area contributed by atoms with Crippen molar-refractivity contribution in [2.24, 2.45) is 4.99 Å². The summed E-state index contributed by atoms with van der Waals surface area (Å²) in [7, 11) is 0. The zero-order chi connectivity index (χ0) is 40.6. The number of anilines is 3. The fourth-order valence-corrected chi connectivity index (χ4v) is 8.56. The summed E-state index contributed by atoms with van der Waals surface area (Å²) in [6.45, 7) is 8.68. The molecule has 59 heavy (non-hydrogen) atoms. The van der Waals surface area contributed by atoms with Crippen LogP contribution in [0, 0.1) is 6.92 Å². The Kier molecular flexibility index (Phi) is 12.6. The van der Waals surface area contributed by atoms with Crippen molar-refractivity contribution in [2.45, 2.75) is 33.1 Å². The van der Waals surface area contributed by atoms with E-state index in [4.69, 9.17) is 14.6 Å². The van der Waals surface area contributed by atoms with Crippen LogP contribution >= 0.6 is 0 Å². The number of carbonyl (C=O) groups excluding carboxylic acids is 2. The molecule has 1 saturated heterocycles. The number of ether oxygens (including phenoxy) is 2. The van der Waals surface area contributed by atoms with Crippen molar-refractivity contribution >= 4 is 54.6 Å². The number of halogens is 1. The number of allylic oxidation sites excluding steroid dienone is 1. The third-order valence-corrected chi connectivity index (χ3v) is 12.0. The molecule has 6 aromatic rings. The Balaban J connectivity index is 0.913. The van der Waals surface area contributed by atoms with Crippen molar-refractivity contribution in [1.82, 2.24) is 30.2 Å². The maximum atomic E-state index is 13.5. The van der Waals surface area contributed by atoms with E-state index in [0.717, 1.165) is 100 Å². The fraction of sp³-hybridized carbons (Fsp3) is 0.250. The van der Waals surface area contributed by atoms with Crippen molar-refractivity contribution < 1.29 is 40.3 Å². The second-order valence-corrected chi connectivity index (χ2v) is 16.5. The monoisotopic (exact) mass is 905 g/mol. The Morgan fingerprint density at radius 2 is 1.78 bits per heavy atom. The predicted octanol–water partition coefficient (Wildman–Crippen LogP) is 4.56. The van der Waals surface area contributed by atoms with E-state index in [0.29, 0.717) is 35.3 Å². The van der Waals surface area contributed by atoms with Gasteiger partial charge >= 0.3 is 257 Å². The Morgan fingerprint density at radius 1 is 0.949 bits per heavy atom. The standard InChI is InChI=1S/C44H46IN10O4/c1-3-4-7-31-27-40(55(53-31)32-13-10-29(2)11-14-32)50-44(57)49-37-16-17-39(35-9-6-5-8-34(35)37)59-33-18-19-47-43(45-28-33)48-30-12-15-38-36(26-30)41(52-51-38)42(56)46-20-21-54-22-24-58-25-23-54/h5-6,8-19,26-28H,3-4,7,20-25H2,1-2H3,(H,46,56)(H,47,48)(H,51,52)(H2,49,50,57)/q-1. The van der Waals surface area contributed by atoms with Gasteiger partial charge in [-0.2, -0.15) is 5.10 Å². The molecular weight excluding hydrogens is 859 g/mol.